The van der Waals surface area contributed by atoms with Gasteiger partial charge in [0.05, 0.1) is 0 Å². The van der Waals surface area contributed by atoms with Crippen LogP contribution < -0.4 is 4.90 Å². The summed E-state index contributed by atoms with van der Waals surface area (Å²) in [5.41, 5.74) is 6.08. The third-order valence-electron chi connectivity index (χ3n) is 5.22. The fourth-order valence-corrected chi connectivity index (χ4v) is 4.31. The molecule has 0 spiro atoms. The van der Waals surface area contributed by atoms with Gasteiger partial charge in [-0.15, -0.1) is 0 Å². The van der Waals surface area contributed by atoms with E-state index in [2.05, 4.69) is 54.3 Å². The molecule has 2 nitrogen and oxygen atoms in total. The number of rotatable bonds is 2. The van der Waals surface area contributed by atoms with Gasteiger partial charge in [-0.25, -0.2) is 0 Å². The van der Waals surface area contributed by atoms with Gasteiger partial charge in [0.1, 0.15) is 0 Å². The minimum absolute atomic E-state index is 0.165. The van der Waals surface area contributed by atoms with Crippen LogP contribution in [0.4, 0.5) is 11.4 Å². The van der Waals surface area contributed by atoms with Crippen molar-refractivity contribution in [2.24, 2.45) is 0 Å². The molecule has 112 valence electrons. The van der Waals surface area contributed by atoms with Crippen LogP contribution in [0.15, 0.2) is 42.5 Å². The quantitative estimate of drug-likeness (QED) is 0.727. The molecule has 1 fully saturated rings. The highest BCUT2D eigenvalue weighted by Gasteiger charge is 2.43. The zero-order valence-corrected chi connectivity index (χ0v) is 13.2. The van der Waals surface area contributed by atoms with Crippen LogP contribution >= 0.6 is 0 Å². The van der Waals surface area contributed by atoms with Crippen LogP contribution in [-0.4, -0.2) is 11.8 Å². The predicted octanol–water partition coefficient (Wildman–Crippen LogP) is 4.99. The summed E-state index contributed by atoms with van der Waals surface area (Å²) in [6, 6.07) is 15.4. The number of aryl methyl sites for hydroxylation is 1. The molecule has 0 saturated heterocycles. The number of carbonyl (C=O) groups excluding carboxylic acids is 1. The van der Waals surface area contributed by atoms with E-state index in [-0.39, 0.29) is 5.78 Å². The normalized spacial score (nSPS) is 22.5. The van der Waals surface area contributed by atoms with Crippen molar-refractivity contribution in [3.63, 3.8) is 0 Å². The average Bonchev–Trinajstić information content (AvgIpc) is 3.09. The molecule has 2 aliphatic rings. The minimum Gasteiger partial charge on any atom is -0.337 e. The van der Waals surface area contributed by atoms with E-state index in [9.17, 15) is 4.79 Å². The average molecular weight is 291 g/mol. The molecule has 1 saturated carbocycles. The van der Waals surface area contributed by atoms with E-state index >= 15 is 0 Å². The lowest BCUT2D eigenvalue weighted by atomic mass is 9.93. The summed E-state index contributed by atoms with van der Waals surface area (Å²) in [5, 5.41) is 0. The van der Waals surface area contributed by atoms with Crippen molar-refractivity contribution in [2.45, 2.75) is 45.1 Å². The molecule has 2 aromatic rings. The van der Waals surface area contributed by atoms with Gasteiger partial charge >= 0.3 is 0 Å². The number of hydrogen-bond acceptors (Lipinski definition) is 2. The second-order valence-corrected chi connectivity index (χ2v) is 6.60. The molecule has 0 aromatic heterocycles. The van der Waals surface area contributed by atoms with Crippen LogP contribution in [0.25, 0.3) is 0 Å². The Morgan fingerprint density at radius 3 is 2.64 bits per heavy atom. The SMILES string of the molecule is CC(=O)c1cc(C)c2c(c1)C1CCCC1N2c1ccccc1. The summed E-state index contributed by atoms with van der Waals surface area (Å²) in [6.07, 6.45) is 3.76. The Balaban J connectivity index is 1.92. The van der Waals surface area contributed by atoms with Crippen molar-refractivity contribution < 1.29 is 4.79 Å². The number of anilines is 2. The summed E-state index contributed by atoms with van der Waals surface area (Å²) in [5.74, 6) is 0.742. The number of benzene rings is 2. The van der Waals surface area contributed by atoms with E-state index in [1.165, 1.54) is 41.8 Å². The number of carbonyl (C=O) groups is 1. The third-order valence-corrected chi connectivity index (χ3v) is 5.22. The molecular formula is C20H21NO. The van der Waals surface area contributed by atoms with E-state index in [0.717, 1.165) is 5.56 Å². The van der Waals surface area contributed by atoms with Crippen molar-refractivity contribution in [1.29, 1.82) is 0 Å². The molecule has 0 radical (unpaired) electrons. The first-order valence-corrected chi connectivity index (χ1v) is 8.16. The van der Waals surface area contributed by atoms with Gasteiger partial charge in [0.25, 0.3) is 0 Å². The van der Waals surface area contributed by atoms with Crippen molar-refractivity contribution in [2.75, 3.05) is 4.90 Å². The molecule has 0 amide bonds. The molecule has 4 rings (SSSR count). The molecule has 0 N–H and O–H groups in total. The number of fused-ring (bicyclic) bond motifs is 3. The zero-order chi connectivity index (χ0) is 15.3. The van der Waals surface area contributed by atoms with Crippen LogP contribution in [0.3, 0.4) is 0 Å². The highest BCUT2D eigenvalue weighted by Crippen LogP contribution is 2.53. The fourth-order valence-electron chi connectivity index (χ4n) is 4.31. The molecule has 0 bridgehead atoms. The standard InChI is InChI=1S/C20H21NO/c1-13-11-15(14(2)22)12-18-17-9-6-10-19(17)21(20(13)18)16-7-4-3-5-8-16/h3-5,7-8,11-12,17,19H,6,9-10H2,1-2H3. The number of hydrogen-bond donors (Lipinski definition) is 0. The van der Waals surface area contributed by atoms with E-state index in [0.29, 0.717) is 12.0 Å². The van der Waals surface area contributed by atoms with Crippen molar-refractivity contribution in [3.05, 3.63) is 59.2 Å². The lowest BCUT2D eigenvalue weighted by Gasteiger charge is -2.28. The van der Waals surface area contributed by atoms with Crippen molar-refractivity contribution in [1.82, 2.24) is 0 Å². The summed E-state index contributed by atoms with van der Waals surface area (Å²) in [6.45, 7) is 3.81. The van der Waals surface area contributed by atoms with Crippen LogP contribution in [0.1, 0.15) is 53.6 Å². The van der Waals surface area contributed by atoms with Crippen LogP contribution in [0.2, 0.25) is 0 Å². The van der Waals surface area contributed by atoms with Gasteiger partial charge < -0.3 is 4.90 Å². The summed E-state index contributed by atoms with van der Waals surface area (Å²) >= 11 is 0. The summed E-state index contributed by atoms with van der Waals surface area (Å²) in [7, 11) is 0. The summed E-state index contributed by atoms with van der Waals surface area (Å²) < 4.78 is 0. The Labute approximate surface area is 131 Å². The third kappa shape index (κ3) is 1.90. The zero-order valence-electron chi connectivity index (χ0n) is 13.2. The van der Waals surface area contributed by atoms with Gasteiger partial charge in [0.15, 0.2) is 5.78 Å². The Morgan fingerprint density at radius 1 is 1.14 bits per heavy atom. The van der Waals surface area contributed by atoms with Crippen LogP contribution in [0, 0.1) is 6.92 Å². The highest BCUT2D eigenvalue weighted by atomic mass is 16.1. The number of ketones is 1. The second-order valence-electron chi connectivity index (χ2n) is 6.60. The van der Waals surface area contributed by atoms with Gasteiger partial charge in [0, 0.05) is 28.9 Å². The van der Waals surface area contributed by atoms with Gasteiger partial charge in [0.2, 0.25) is 0 Å². The number of Topliss-reactive ketones (excluding diaryl/α,β-unsaturated/α-hetero) is 1. The maximum Gasteiger partial charge on any atom is 0.159 e. The van der Waals surface area contributed by atoms with E-state index in [1.807, 2.05) is 0 Å². The molecule has 2 aromatic carbocycles. The van der Waals surface area contributed by atoms with Gasteiger partial charge in [-0.2, -0.15) is 0 Å². The molecule has 2 unspecified atom stereocenters. The first-order chi connectivity index (χ1) is 10.7. The number of para-hydroxylation sites is 1. The maximum absolute atomic E-state index is 11.8. The fraction of sp³-hybridized carbons (Fsp3) is 0.350. The molecular weight excluding hydrogens is 270 g/mol. The second kappa shape index (κ2) is 4.98. The Kier molecular flexibility index (Phi) is 3.07. The largest absolute Gasteiger partial charge is 0.337 e. The van der Waals surface area contributed by atoms with E-state index in [1.54, 1.807) is 6.92 Å². The first kappa shape index (κ1) is 13.6. The number of nitrogens with zero attached hydrogens (tertiary/aromatic N) is 1. The molecule has 2 heteroatoms. The Bertz CT molecular complexity index is 735. The van der Waals surface area contributed by atoms with Crippen molar-refractivity contribution in [3.8, 4) is 0 Å². The molecule has 1 aliphatic carbocycles. The lowest BCUT2D eigenvalue weighted by Crippen LogP contribution is -2.26. The molecule has 1 heterocycles. The highest BCUT2D eigenvalue weighted by molar-refractivity contribution is 5.96. The predicted molar refractivity (Wildman–Crippen MR) is 90.1 cm³/mol. The topological polar surface area (TPSA) is 20.3 Å². The van der Waals surface area contributed by atoms with Gasteiger partial charge in [-0.1, -0.05) is 24.6 Å². The van der Waals surface area contributed by atoms with E-state index in [4.69, 9.17) is 0 Å². The van der Waals surface area contributed by atoms with Gasteiger partial charge in [-0.3, -0.25) is 4.79 Å². The Morgan fingerprint density at radius 2 is 1.91 bits per heavy atom. The van der Waals surface area contributed by atoms with E-state index < -0.39 is 0 Å². The molecule has 2 atom stereocenters. The van der Waals surface area contributed by atoms with Gasteiger partial charge in [-0.05, 0) is 62.1 Å². The Hall–Kier alpha value is -2.09. The lowest BCUT2D eigenvalue weighted by molar-refractivity contribution is 0.101. The summed E-state index contributed by atoms with van der Waals surface area (Å²) in [4.78, 5) is 14.3. The maximum atomic E-state index is 11.8. The van der Waals surface area contributed by atoms with Crippen molar-refractivity contribution >= 4 is 17.2 Å². The molecule has 1 aliphatic heterocycles. The minimum atomic E-state index is 0.165. The monoisotopic (exact) mass is 291 g/mol. The van der Waals surface area contributed by atoms with Crippen LogP contribution in [0.5, 0.6) is 0 Å². The first-order valence-electron chi connectivity index (χ1n) is 8.16. The van der Waals surface area contributed by atoms with Crippen LogP contribution in [-0.2, 0) is 0 Å². The molecule has 22 heavy (non-hydrogen) atoms. The smallest absolute Gasteiger partial charge is 0.159 e.